The molecular formula is C15H24N2O. The van der Waals surface area contributed by atoms with E-state index in [0.717, 1.165) is 13.1 Å². The molecule has 0 bridgehead atoms. The molecule has 3 atom stereocenters. The van der Waals surface area contributed by atoms with Crippen LogP contribution in [0.2, 0.25) is 0 Å². The monoisotopic (exact) mass is 248 g/mol. The van der Waals surface area contributed by atoms with Gasteiger partial charge < -0.3 is 10.5 Å². The molecule has 2 N–H and O–H groups in total. The van der Waals surface area contributed by atoms with Gasteiger partial charge in [-0.15, -0.1) is 0 Å². The Morgan fingerprint density at radius 1 is 1.22 bits per heavy atom. The zero-order valence-electron chi connectivity index (χ0n) is 11.6. The quantitative estimate of drug-likeness (QED) is 0.890. The van der Waals surface area contributed by atoms with Crippen LogP contribution in [0.3, 0.4) is 0 Å². The SMILES string of the molecule is Cc1ccc([C@@H](CN)N2C[C@@H](C)O[C@H](C)C2)cc1. The second-order valence-corrected chi connectivity index (χ2v) is 5.37. The summed E-state index contributed by atoms with van der Waals surface area (Å²) in [6, 6.07) is 9.01. The van der Waals surface area contributed by atoms with E-state index < -0.39 is 0 Å². The number of benzene rings is 1. The number of hydrogen-bond donors (Lipinski definition) is 1. The van der Waals surface area contributed by atoms with Gasteiger partial charge in [0.25, 0.3) is 0 Å². The van der Waals surface area contributed by atoms with Gasteiger partial charge in [0.15, 0.2) is 0 Å². The Kier molecular flexibility index (Phi) is 4.38. The van der Waals surface area contributed by atoms with Crippen molar-refractivity contribution in [3.05, 3.63) is 35.4 Å². The van der Waals surface area contributed by atoms with Gasteiger partial charge in [0.1, 0.15) is 0 Å². The predicted molar refractivity (Wildman–Crippen MR) is 74.6 cm³/mol. The van der Waals surface area contributed by atoms with Crippen LogP contribution in [0, 0.1) is 6.92 Å². The Morgan fingerprint density at radius 2 is 1.78 bits per heavy atom. The number of nitrogens with two attached hydrogens (primary N) is 1. The molecule has 18 heavy (non-hydrogen) atoms. The summed E-state index contributed by atoms with van der Waals surface area (Å²) < 4.78 is 5.78. The minimum atomic E-state index is 0.285. The third-order valence-electron chi connectivity index (χ3n) is 3.57. The lowest BCUT2D eigenvalue weighted by Crippen LogP contribution is -2.48. The summed E-state index contributed by atoms with van der Waals surface area (Å²) in [5, 5.41) is 0. The van der Waals surface area contributed by atoms with Crippen LogP contribution in [0.25, 0.3) is 0 Å². The molecule has 0 radical (unpaired) electrons. The van der Waals surface area contributed by atoms with E-state index in [2.05, 4.69) is 49.9 Å². The first-order chi connectivity index (χ1) is 8.60. The van der Waals surface area contributed by atoms with Crippen LogP contribution in [-0.4, -0.2) is 36.7 Å². The van der Waals surface area contributed by atoms with E-state index in [1.807, 2.05) is 0 Å². The zero-order chi connectivity index (χ0) is 13.1. The van der Waals surface area contributed by atoms with Gasteiger partial charge in [-0.25, -0.2) is 0 Å². The van der Waals surface area contributed by atoms with E-state index in [-0.39, 0.29) is 12.2 Å². The van der Waals surface area contributed by atoms with Gasteiger partial charge in [0, 0.05) is 25.7 Å². The molecule has 1 aromatic rings. The Hall–Kier alpha value is -0.900. The van der Waals surface area contributed by atoms with Crippen LogP contribution in [0.15, 0.2) is 24.3 Å². The van der Waals surface area contributed by atoms with Crippen molar-refractivity contribution in [1.29, 1.82) is 0 Å². The maximum absolute atomic E-state index is 5.98. The van der Waals surface area contributed by atoms with Crippen molar-refractivity contribution in [3.8, 4) is 0 Å². The van der Waals surface area contributed by atoms with Crippen molar-refractivity contribution in [2.24, 2.45) is 5.73 Å². The first-order valence-electron chi connectivity index (χ1n) is 6.76. The Bertz CT molecular complexity index is 367. The van der Waals surface area contributed by atoms with Gasteiger partial charge in [-0.05, 0) is 26.3 Å². The summed E-state index contributed by atoms with van der Waals surface area (Å²) in [6.07, 6.45) is 0.571. The predicted octanol–water partition coefficient (Wildman–Crippen LogP) is 2.10. The van der Waals surface area contributed by atoms with Crippen LogP contribution in [0.4, 0.5) is 0 Å². The molecule has 1 heterocycles. The highest BCUT2D eigenvalue weighted by Gasteiger charge is 2.27. The van der Waals surface area contributed by atoms with Gasteiger partial charge in [-0.3, -0.25) is 4.90 Å². The van der Waals surface area contributed by atoms with Crippen LogP contribution < -0.4 is 5.73 Å². The van der Waals surface area contributed by atoms with E-state index >= 15 is 0 Å². The molecule has 1 saturated heterocycles. The third-order valence-corrected chi connectivity index (χ3v) is 3.57. The average molecular weight is 248 g/mol. The Balaban J connectivity index is 2.14. The molecule has 1 aromatic carbocycles. The molecule has 0 unspecified atom stereocenters. The van der Waals surface area contributed by atoms with Gasteiger partial charge in [-0.1, -0.05) is 29.8 Å². The molecule has 100 valence electrons. The number of ether oxygens (including phenoxy) is 1. The van der Waals surface area contributed by atoms with E-state index in [9.17, 15) is 0 Å². The normalized spacial score (nSPS) is 27.1. The van der Waals surface area contributed by atoms with Crippen molar-refractivity contribution in [3.63, 3.8) is 0 Å². The molecule has 1 fully saturated rings. The fourth-order valence-electron chi connectivity index (χ4n) is 2.76. The van der Waals surface area contributed by atoms with E-state index in [0.29, 0.717) is 12.6 Å². The zero-order valence-corrected chi connectivity index (χ0v) is 11.6. The molecule has 2 rings (SSSR count). The summed E-state index contributed by atoms with van der Waals surface area (Å²) in [7, 11) is 0. The summed E-state index contributed by atoms with van der Waals surface area (Å²) in [6.45, 7) is 8.94. The van der Waals surface area contributed by atoms with Crippen LogP contribution >= 0.6 is 0 Å². The minimum absolute atomic E-state index is 0.285. The lowest BCUT2D eigenvalue weighted by atomic mass is 10.0. The highest BCUT2D eigenvalue weighted by atomic mass is 16.5. The molecule has 1 aliphatic rings. The number of morpholine rings is 1. The molecule has 0 spiro atoms. The minimum Gasteiger partial charge on any atom is -0.373 e. The van der Waals surface area contributed by atoms with Crippen LogP contribution in [-0.2, 0) is 4.74 Å². The molecule has 0 aliphatic carbocycles. The van der Waals surface area contributed by atoms with Gasteiger partial charge in [-0.2, -0.15) is 0 Å². The number of aryl methyl sites for hydroxylation is 1. The maximum Gasteiger partial charge on any atom is 0.0678 e. The smallest absolute Gasteiger partial charge is 0.0678 e. The highest BCUT2D eigenvalue weighted by molar-refractivity contribution is 5.24. The Labute approximate surface area is 110 Å². The van der Waals surface area contributed by atoms with Crippen molar-refractivity contribution in [1.82, 2.24) is 4.90 Å². The van der Waals surface area contributed by atoms with Crippen LogP contribution in [0.1, 0.15) is 31.0 Å². The van der Waals surface area contributed by atoms with Gasteiger partial charge >= 0.3 is 0 Å². The second kappa shape index (κ2) is 5.83. The molecule has 0 aromatic heterocycles. The average Bonchev–Trinajstić information content (AvgIpc) is 2.31. The maximum atomic E-state index is 5.98. The number of rotatable bonds is 3. The van der Waals surface area contributed by atoms with E-state index in [4.69, 9.17) is 10.5 Å². The van der Waals surface area contributed by atoms with Crippen LogP contribution in [0.5, 0.6) is 0 Å². The largest absolute Gasteiger partial charge is 0.373 e. The summed E-state index contributed by atoms with van der Waals surface area (Å²) >= 11 is 0. The van der Waals surface area contributed by atoms with Gasteiger partial charge in [0.2, 0.25) is 0 Å². The molecule has 3 heteroatoms. The van der Waals surface area contributed by atoms with E-state index in [1.165, 1.54) is 11.1 Å². The van der Waals surface area contributed by atoms with Crippen molar-refractivity contribution in [2.45, 2.75) is 39.0 Å². The number of nitrogens with zero attached hydrogens (tertiary/aromatic N) is 1. The van der Waals surface area contributed by atoms with Crippen molar-refractivity contribution in [2.75, 3.05) is 19.6 Å². The first kappa shape index (κ1) is 13.5. The fraction of sp³-hybridized carbons (Fsp3) is 0.600. The topological polar surface area (TPSA) is 38.5 Å². The van der Waals surface area contributed by atoms with Crippen molar-refractivity contribution >= 4 is 0 Å². The molecule has 3 nitrogen and oxygen atoms in total. The molecule has 0 saturated carbocycles. The lowest BCUT2D eigenvalue weighted by Gasteiger charge is -2.40. The van der Waals surface area contributed by atoms with Gasteiger partial charge in [0.05, 0.1) is 12.2 Å². The molecule has 0 amide bonds. The fourth-order valence-corrected chi connectivity index (χ4v) is 2.76. The summed E-state index contributed by atoms with van der Waals surface area (Å²) in [5.41, 5.74) is 8.58. The number of hydrogen-bond acceptors (Lipinski definition) is 3. The standard InChI is InChI=1S/C15H24N2O/c1-11-4-6-14(7-5-11)15(8-16)17-9-12(2)18-13(3)10-17/h4-7,12-13,15H,8-10,16H2,1-3H3/t12-,13-,15-/m1/s1. The summed E-state index contributed by atoms with van der Waals surface area (Å²) in [4.78, 5) is 2.45. The first-order valence-corrected chi connectivity index (χ1v) is 6.76. The second-order valence-electron chi connectivity index (χ2n) is 5.37. The molecule has 1 aliphatic heterocycles. The van der Waals surface area contributed by atoms with Crippen molar-refractivity contribution < 1.29 is 4.74 Å². The summed E-state index contributed by atoms with van der Waals surface area (Å²) in [5.74, 6) is 0. The third kappa shape index (κ3) is 3.10. The Morgan fingerprint density at radius 3 is 2.28 bits per heavy atom. The highest BCUT2D eigenvalue weighted by Crippen LogP contribution is 2.24. The lowest BCUT2D eigenvalue weighted by molar-refractivity contribution is -0.0799. The van der Waals surface area contributed by atoms with E-state index in [1.54, 1.807) is 0 Å². The molecular weight excluding hydrogens is 224 g/mol.